The predicted octanol–water partition coefficient (Wildman–Crippen LogP) is 2.67. The second kappa shape index (κ2) is 9.42. The lowest BCUT2D eigenvalue weighted by atomic mass is 10.2. The number of hydrogen-bond acceptors (Lipinski definition) is 6. The van der Waals surface area contributed by atoms with E-state index in [-0.39, 0.29) is 5.91 Å². The maximum absolute atomic E-state index is 12.5. The third-order valence-corrected chi connectivity index (χ3v) is 5.42. The molecule has 0 bridgehead atoms. The summed E-state index contributed by atoms with van der Waals surface area (Å²) < 4.78 is 34.7. The lowest BCUT2D eigenvalue weighted by Crippen LogP contribution is -2.32. The van der Waals surface area contributed by atoms with Crippen LogP contribution in [0.2, 0.25) is 0 Å². The number of rotatable bonds is 8. The number of ether oxygens (including phenoxy) is 2. The molecule has 0 aromatic heterocycles. The lowest BCUT2D eigenvalue weighted by Gasteiger charge is -2.19. The van der Waals surface area contributed by atoms with Crippen molar-refractivity contribution in [3.05, 3.63) is 54.1 Å². The van der Waals surface area contributed by atoms with E-state index >= 15 is 0 Å². The Morgan fingerprint density at radius 2 is 1.66 bits per heavy atom. The van der Waals surface area contributed by atoms with E-state index in [2.05, 4.69) is 10.1 Å². The highest BCUT2D eigenvalue weighted by molar-refractivity contribution is 7.92. The van der Waals surface area contributed by atoms with E-state index in [1.807, 2.05) is 6.92 Å². The normalized spacial score (nSPS) is 12.0. The third-order valence-electron chi connectivity index (χ3n) is 4.21. The van der Waals surface area contributed by atoms with Gasteiger partial charge in [0, 0.05) is 12.7 Å². The molecule has 0 heterocycles. The summed E-state index contributed by atoms with van der Waals surface area (Å²) in [4.78, 5) is 24.0. The van der Waals surface area contributed by atoms with Crippen LogP contribution in [-0.2, 0) is 19.6 Å². The van der Waals surface area contributed by atoms with Gasteiger partial charge in [-0.2, -0.15) is 0 Å². The van der Waals surface area contributed by atoms with E-state index in [1.54, 1.807) is 48.5 Å². The molecular weight excluding hydrogens is 396 g/mol. The molecule has 9 heteroatoms. The minimum absolute atomic E-state index is 0.337. The first-order valence-corrected chi connectivity index (χ1v) is 10.7. The van der Waals surface area contributed by atoms with Gasteiger partial charge in [0.2, 0.25) is 10.0 Å². The van der Waals surface area contributed by atoms with Crippen molar-refractivity contribution in [2.75, 3.05) is 30.0 Å². The summed E-state index contributed by atoms with van der Waals surface area (Å²) in [6.07, 6.45) is 0.803. The Balaban J connectivity index is 2.03. The first-order valence-electron chi connectivity index (χ1n) is 8.85. The van der Waals surface area contributed by atoms with Gasteiger partial charge in [-0.1, -0.05) is 6.92 Å². The van der Waals surface area contributed by atoms with Crippen LogP contribution < -0.4 is 14.4 Å². The van der Waals surface area contributed by atoms with Crippen molar-refractivity contribution in [3.63, 3.8) is 0 Å². The number of nitrogens with one attached hydrogen (secondary N) is 1. The van der Waals surface area contributed by atoms with Crippen molar-refractivity contribution in [2.24, 2.45) is 0 Å². The maximum atomic E-state index is 12.5. The summed E-state index contributed by atoms with van der Waals surface area (Å²) >= 11 is 0. The number of carbonyl (C=O) groups is 2. The van der Waals surface area contributed by atoms with E-state index in [9.17, 15) is 18.0 Å². The van der Waals surface area contributed by atoms with Gasteiger partial charge in [0.15, 0.2) is 6.10 Å². The van der Waals surface area contributed by atoms with Gasteiger partial charge in [-0.3, -0.25) is 9.10 Å². The Labute approximate surface area is 170 Å². The minimum Gasteiger partial charge on any atom is -0.481 e. The number of anilines is 2. The van der Waals surface area contributed by atoms with Gasteiger partial charge < -0.3 is 14.8 Å². The van der Waals surface area contributed by atoms with E-state index in [0.717, 1.165) is 10.6 Å². The van der Waals surface area contributed by atoms with Gasteiger partial charge in [0.05, 0.1) is 24.6 Å². The fraction of sp³-hybridized carbons (Fsp3) is 0.300. The highest BCUT2D eigenvalue weighted by atomic mass is 32.2. The SMILES string of the molecule is CCC(Oc1ccc(N(C)S(C)(=O)=O)cc1)C(=O)Nc1ccc(C(=O)OC)cc1. The molecule has 0 spiro atoms. The molecule has 0 saturated heterocycles. The molecule has 0 radical (unpaired) electrons. The highest BCUT2D eigenvalue weighted by Crippen LogP contribution is 2.22. The van der Waals surface area contributed by atoms with Gasteiger partial charge in [0.1, 0.15) is 5.75 Å². The van der Waals surface area contributed by atoms with E-state index < -0.39 is 22.1 Å². The molecular formula is C20H24N2O6S. The molecule has 156 valence electrons. The van der Waals surface area contributed by atoms with Crippen molar-refractivity contribution in [1.82, 2.24) is 0 Å². The number of hydrogen-bond donors (Lipinski definition) is 1. The fourth-order valence-corrected chi connectivity index (χ4v) is 2.95. The Morgan fingerprint density at radius 1 is 1.07 bits per heavy atom. The summed E-state index contributed by atoms with van der Waals surface area (Å²) in [5, 5.41) is 2.74. The average Bonchev–Trinajstić information content (AvgIpc) is 2.71. The van der Waals surface area contributed by atoms with Crippen LogP contribution in [0.4, 0.5) is 11.4 Å². The second-order valence-electron chi connectivity index (χ2n) is 6.30. The average molecular weight is 420 g/mol. The molecule has 0 aliphatic carbocycles. The third kappa shape index (κ3) is 5.95. The maximum Gasteiger partial charge on any atom is 0.337 e. The van der Waals surface area contributed by atoms with E-state index in [4.69, 9.17) is 4.74 Å². The van der Waals surface area contributed by atoms with Gasteiger partial charge >= 0.3 is 5.97 Å². The number of esters is 1. The molecule has 1 unspecified atom stereocenters. The fourth-order valence-electron chi connectivity index (χ4n) is 2.44. The summed E-state index contributed by atoms with van der Waals surface area (Å²) in [5.41, 5.74) is 1.39. The van der Waals surface area contributed by atoms with Gasteiger partial charge in [-0.15, -0.1) is 0 Å². The second-order valence-corrected chi connectivity index (χ2v) is 8.31. The van der Waals surface area contributed by atoms with Crippen LogP contribution in [0.3, 0.4) is 0 Å². The monoisotopic (exact) mass is 420 g/mol. The van der Waals surface area contributed by atoms with Crippen molar-refractivity contribution in [2.45, 2.75) is 19.4 Å². The van der Waals surface area contributed by atoms with E-state index in [0.29, 0.717) is 29.1 Å². The molecule has 1 atom stereocenters. The number of nitrogens with zero attached hydrogens (tertiary/aromatic N) is 1. The van der Waals surface area contributed by atoms with Gasteiger partial charge in [-0.25, -0.2) is 13.2 Å². The van der Waals surface area contributed by atoms with Crippen molar-refractivity contribution in [1.29, 1.82) is 0 Å². The zero-order chi connectivity index (χ0) is 21.6. The molecule has 8 nitrogen and oxygen atoms in total. The number of methoxy groups -OCH3 is 1. The highest BCUT2D eigenvalue weighted by Gasteiger charge is 2.19. The summed E-state index contributed by atoms with van der Waals surface area (Å²) in [5.74, 6) is -0.350. The van der Waals surface area contributed by atoms with E-state index in [1.165, 1.54) is 14.2 Å². The van der Waals surface area contributed by atoms with Crippen LogP contribution >= 0.6 is 0 Å². The quantitative estimate of drug-likeness (QED) is 0.659. The Kier molecular flexibility index (Phi) is 7.22. The summed E-state index contributed by atoms with van der Waals surface area (Å²) in [6.45, 7) is 1.82. The van der Waals surface area contributed by atoms with Crippen LogP contribution in [0.5, 0.6) is 5.75 Å². The lowest BCUT2D eigenvalue weighted by molar-refractivity contribution is -0.122. The Morgan fingerprint density at radius 3 is 2.14 bits per heavy atom. The first-order chi connectivity index (χ1) is 13.7. The number of carbonyl (C=O) groups excluding carboxylic acids is 2. The van der Waals surface area contributed by atoms with Crippen molar-refractivity contribution < 1.29 is 27.5 Å². The molecule has 0 fully saturated rings. The Bertz CT molecular complexity index is 955. The molecule has 0 saturated carbocycles. The number of benzene rings is 2. The van der Waals surface area contributed by atoms with Crippen LogP contribution in [0.1, 0.15) is 23.7 Å². The molecule has 1 N–H and O–H groups in total. The summed E-state index contributed by atoms with van der Waals surface area (Å²) in [6, 6.07) is 12.7. The molecule has 0 aliphatic rings. The molecule has 1 amide bonds. The molecule has 29 heavy (non-hydrogen) atoms. The zero-order valence-corrected chi connectivity index (χ0v) is 17.5. The topological polar surface area (TPSA) is 102 Å². The summed E-state index contributed by atoms with van der Waals surface area (Å²) in [7, 11) is -0.599. The van der Waals surface area contributed by atoms with Gasteiger partial charge in [-0.05, 0) is 55.0 Å². The predicted molar refractivity (Wildman–Crippen MR) is 111 cm³/mol. The number of amides is 1. The molecule has 2 rings (SSSR count). The van der Waals surface area contributed by atoms with Gasteiger partial charge in [0.25, 0.3) is 5.91 Å². The first kappa shape index (κ1) is 22.2. The Hall–Kier alpha value is -3.07. The standard InChI is InChI=1S/C20H24N2O6S/c1-5-18(19(23)21-15-8-6-14(7-9-15)20(24)27-3)28-17-12-10-16(11-13-17)22(2)29(4,25)26/h6-13,18H,5H2,1-4H3,(H,21,23). The molecule has 2 aromatic carbocycles. The smallest absolute Gasteiger partial charge is 0.337 e. The van der Waals surface area contributed by atoms with Crippen molar-refractivity contribution >= 4 is 33.3 Å². The molecule has 2 aromatic rings. The van der Waals surface area contributed by atoms with Crippen LogP contribution in [0, 0.1) is 0 Å². The zero-order valence-electron chi connectivity index (χ0n) is 16.7. The minimum atomic E-state index is -3.36. The molecule has 0 aliphatic heterocycles. The van der Waals surface area contributed by atoms with Crippen molar-refractivity contribution in [3.8, 4) is 5.75 Å². The van der Waals surface area contributed by atoms with Crippen LogP contribution in [0.25, 0.3) is 0 Å². The largest absolute Gasteiger partial charge is 0.481 e. The van der Waals surface area contributed by atoms with Crippen LogP contribution in [0.15, 0.2) is 48.5 Å². The number of sulfonamides is 1. The van der Waals surface area contributed by atoms with Crippen LogP contribution in [-0.4, -0.2) is 46.8 Å².